The van der Waals surface area contributed by atoms with Crippen molar-refractivity contribution in [3.05, 3.63) is 137 Å². The van der Waals surface area contributed by atoms with E-state index in [1.54, 1.807) is 60.1 Å². The predicted molar refractivity (Wildman–Crippen MR) is 464 cm³/mol. The third-order valence-electron chi connectivity index (χ3n) is 19.1. The van der Waals surface area contributed by atoms with Gasteiger partial charge in [0.15, 0.2) is 91.1 Å². The number of methoxy groups -OCH3 is 2. The first-order valence-electron chi connectivity index (χ1n) is 42.2. The molecule has 116 heavy (non-hydrogen) atoms. The van der Waals surface area contributed by atoms with Gasteiger partial charge in [-0.3, -0.25) is 0 Å². The first-order valence-corrected chi connectivity index (χ1v) is 42.2. The number of rotatable bonds is 46. The summed E-state index contributed by atoms with van der Waals surface area (Å²) in [6.45, 7) is 59.5. The third-order valence-corrected chi connectivity index (χ3v) is 19.1. The van der Waals surface area contributed by atoms with Crippen LogP contribution in [0, 0.1) is 0 Å². The highest BCUT2D eigenvalue weighted by Gasteiger charge is 2.25. The number of ether oxygens (including phenoxy) is 18. The Morgan fingerprint density at radius 3 is 0.940 bits per heavy atom. The minimum atomic E-state index is -0.513. The molecule has 0 bridgehead atoms. The molecule has 0 saturated heterocycles. The van der Waals surface area contributed by atoms with E-state index in [0.717, 1.165) is 83.8 Å². The van der Waals surface area contributed by atoms with E-state index in [0.29, 0.717) is 93.1 Å². The second-order valence-electron chi connectivity index (χ2n) is 28.1. The van der Waals surface area contributed by atoms with Crippen LogP contribution in [0.4, 0.5) is 0 Å². The molecule has 0 saturated carbocycles. The van der Waals surface area contributed by atoms with E-state index in [9.17, 15) is 20.4 Å². The van der Waals surface area contributed by atoms with E-state index in [-0.39, 0.29) is 65.6 Å². The van der Waals surface area contributed by atoms with Gasteiger partial charge >= 0.3 is 0 Å². The number of hydrogen-bond acceptors (Lipinski definition) is 22. The van der Waals surface area contributed by atoms with Crippen LogP contribution in [-0.4, -0.2) is 138 Å². The van der Waals surface area contributed by atoms with Crippen molar-refractivity contribution in [1.29, 1.82) is 0 Å². The fraction of sp³-hybridized carbons (Fsp3) is 0.617. The summed E-state index contributed by atoms with van der Waals surface area (Å²) in [5.74, 6) is 7.22. The Hall–Kier alpha value is -7.64. The minimum absolute atomic E-state index is 0.0323. The SMILES string of the molecule is CCC(C)c1ccccc1OC(C)OC.CCOC(C)Oc1c(O)cc(C(C)CC)cc1O.CCOC(C)Oc1cc(C(C)CC)cc(O)c1OC(C)OCC.CCOC(C)Oc1cc(C(C)CC)cc(OC(C)OCC)c1O.CCOC(C)Oc1cccc(C(C)CC)c1.CCOC(C)Oc1cccc(OC(C)OC)c1C(C)CC. The summed E-state index contributed by atoms with van der Waals surface area (Å²) in [6, 6.07) is 32.8. The van der Waals surface area contributed by atoms with Crippen molar-refractivity contribution in [1.82, 2.24) is 0 Å². The number of hydrogen-bond donors (Lipinski definition) is 4. The monoisotopic (exact) mass is 1630 g/mol. The van der Waals surface area contributed by atoms with Gasteiger partial charge in [0.1, 0.15) is 23.0 Å². The molecular formula is C94H152O22. The zero-order chi connectivity index (χ0) is 87.6. The summed E-state index contributed by atoms with van der Waals surface area (Å²) in [5.41, 5.74) is 6.58. The zero-order valence-corrected chi connectivity index (χ0v) is 76.3. The maximum absolute atomic E-state index is 10.4. The molecule has 22 heteroatoms. The van der Waals surface area contributed by atoms with Crippen molar-refractivity contribution >= 4 is 0 Å². The van der Waals surface area contributed by atoms with Gasteiger partial charge in [-0.15, -0.1) is 0 Å². The van der Waals surface area contributed by atoms with Crippen molar-refractivity contribution in [2.24, 2.45) is 0 Å². The average Bonchev–Trinajstić information content (AvgIpc) is 0.856. The molecular weight excluding hydrogens is 1480 g/mol. The molecule has 0 aliphatic heterocycles. The molecule has 6 aromatic carbocycles. The van der Waals surface area contributed by atoms with Crippen LogP contribution in [0.2, 0.25) is 0 Å². The summed E-state index contributed by atoms with van der Waals surface area (Å²) in [5, 5.41) is 40.6. The third kappa shape index (κ3) is 39.7. The molecule has 15 unspecified atom stereocenters. The smallest absolute Gasteiger partial charge is 0.206 e. The van der Waals surface area contributed by atoms with Crippen molar-refractivity contribution in [3.8, 4) is 74.7 Å². The van der Waals surface area contributed by atoms with E-state index in [1.165, 1.54) is 11.1 Å². The summed E-state index contributed by atoms with van der Waals surface area (Å²) < 4.78 is 99.4. The van der Waals surface area contributed by atoms with Crippen LogP contribution < -0.4 is 42.6 Å². The molecule has 660 valence electrons. The number of aromatic hydroxyl groups is 4. The first-order chi connectivity index (χ1) is 55.2. The van der Waals surface area contributed by atoms with Crippen LogP contribution in [0.15, 0.2) is 103 Å². The van der Waals surface area contributed by atoms with Gasteiger partial charge < -0.3 is 106 Å². The molecule has 0 spiro atoms. The Morgan fingerprint density at radius 1 is 0.250 bits per heavy atom. The number of benzene rings is 6. The molecule has 6 rings (SSSR count). The number of phenolic OH excluding ortho intramolecular Hbond substituents is 4. The lowest BCUT2D eigenvalue weighted by atomic mass is 9.96. The first kappa shape index (κ1) is 106. The molecule has 0 amide bonds. The van der Waals surface area contributed by atoms with Gasteiger partial charge in [-0.25, -0.2) is 0 Å². The second-order valence-corrected chi connectivity index (χ2v) is 28.1. The molecule has 22 nitrogen and oxygen atoms in total. The van der Waals surface area contributed by atoms with Crippen LogP contribution in [0.25, 0.3) is 0 Å². The standard InChI is InChI=1S/2C18H30O5.C17H28O4.C14H22O4.C14H22O2.C13H20O2/c1-7-12(4)15-10-16(22-13(5)20-8-2)18(19)17(11-15)23-14(6)21-9-3;1-7-12(4)15-10-16(19)18(23-14(6)21-9-3)17(11-15)22-13(5)20-8-2;1-7-12(3)17-15(20-13(4)18-6)10-9-11-16(17)21-14(5)19-8-2;1-5-9(3)11-7-12(15)14(13(16)8-11)18-10(4)17-6-2;1-5-11(3)13-8-7-9-14(10-13)16-12(4)15-6-2;1-5-10(2)12-8-6-7-9-13(12)15-11(3)14-4/h2*10-14,19H,7-9H2,1-6H3;9-14H,7-8H2,1-6H3;7-10,15-16H,5-6H2,1-4H3;7-12H,5-6H2,1-4H3;6-11H,5H2,1-4H3. The molecule has 0 aromatic heterocycles. The van der Waals surface area contributed by atoms with Gasteiger partial charge in [-0.2, -0.15) is 0 Å². The van der Waals surface area contributed by atoms with E-state index >= 15 is 0 Å². The number of para-hydroxylation sites is 1. The summed E-state index contributed by atoms with van der Waals surface area (Å²) >= 11 is 0. The summed E-state index contributed by atoms with van der Waals surface area (Å²) in [4.78, 5) is 0. The topological polar surface area (TPSA) is 247 Å². The Morgan fingerprint density at radius 2 is 0.543 bits per heavy atom. The lowest BCUT2D eigenvalue weighted by Crippen LogP contribution is -2.19. The fourth-order valence-corrected chi connectivity index (χ4v) is 11.2. The molecule has 0 heterocycles. The normalized spacial score (nSPS) is 14.8. The van der Waals surface area contributed by atoms with Crippen LogP contribution in [0.1, 0.15) is 301 Å². The Kier molecular flexibility index (Phi) is 55.0. The highest BCUT2D eigenvalue weighted by molar-refractivity contribution is 5.56. The Balaban J connectivity index is 0.000000701. The lowest BCUT2D eigenvalue weighted by Gasteiger charge is -2.23. The summed E-state index contributed by atoms with van der Waals surface area (Å²) in [6.07, 6.45) is 2.85. The van der Waals surface area contributed by atoms with E-state index in [2.05, 4.69) is 94.4 Å². The van der Waals surface area contributed by atoms with Crippen LogP contribution in [-0.2, 0) is 42.6 Å². The van der Waals surface area contributed by atoms with Crippen molar-refractivity contribution in [2.75, 3.05) is 60.5 Å². The van der Waals surface area contributed by atoms with Crippen LogP contribution >= 0.6 is 0 Å². The lowest BCUT2D eigenvalue weighted by molar-refractivity contribution is -0.0774. The summed E-state index contributed by atoms with van der Waals surface area (Å²) in [7, 11) is 3.28. The molecule has 6 aromatic rings. The highest BCUT2D eigenvalue weighted by atomic mass is 16.7. The van der Waals surface area contributed by atoms with Crippen molar-refractivity contribution in [2.45, 2.75) is 325 Å². The molecule has 0 aliphatic rings. The molecule has 0 fully saturated rings. The quantitative estimate of drug-likeness (QED) is 0.0259. The number of phenols is 4. The fourth-order valence-electron chi connectivity index (χ4n) is 11.2. The molecule has 15 atom stereocenters. The van der Waals surface area contributed by atoms with Gasteiger partial charge in [0, 0.05) is 66.0 Å². The van der Waals surface area contributed by atoms with E-state index < -0.39 is 31.5 Å². The second kappa shape index (κ2) is 59.9. The largest absolute Gasteiger partial charge is 0.504 e. The maximum Gasteiger partial charge on any atom is 0.206 e. The van der Waals surface area contributed by atoms with Gasteiger partial charge in [0.2, 0.25) is 17.2 Å². The van der Waals surface area contributed by atoms with Gasteiger partial charge in [-0.1, -0.05) is 119 Å². The Bertz CT molecular complexity index is 3480. The highest BCUT2D eigenvalue weighted by Crippen LogP contribution is 2.45. The van der Waals surface area contributed by atoms with Crippen LogP contribution in [0.5, 0.6) is 74.7 Å². The minimum Gasteiger partial charge on any atom is -0.504 e. The van der Waals surface area contributed by atoms with Gasteiger partial charge in [-0.05, 0) is 279 Å². The predicted octanol–water partition coefficient (Wildman–Crippen LogP) is 24.1. The molecule has 0 aliphatic carbocycles. The molecule has 4 N–H and O–H groups in total. The van der Waals surface area contributed by atoms with Crippen molar-refractivity contribution in [3.63, 3.8) is 0 Å². The maximum atomic E-state index is 10.4. The van der Waals surface area contributed by atoms with E-state index in [1.807, 2.05) is 157 Å². The van der Waals surface area contributed by atoms with Crippen molar-refractivity contribution < 1.29 is 106 Å². The molecule has 0 radical (unpaired) electrons. The van der Waals surface area contributed by atoms with Crippen LogP contribution in [0.3, 0.4) is 0 Å². The average molecular weight is 1630 g/mol. The van der Waals surface area contributed by atoms with E-state index in [4.69, 9.17) is 85.3 Å². The Labute approximate surface area is 698 Å². The van der Waals surface area contributed by atoms with Gasteiger partial charge in [0.05, 0.1) is 0 Å². The van der Waals surface area contributed by atoms with Gasteiger partial charge in [0.25, 0.3) is 0 Å². The zero-order valence-electron chi connectivity index (χ0n) is 76.3.